The summed E-state index contributed by atoms with van der Waals surface area (Å²) in [6, 6.07) is 6.71. The van der Waals surface area contributed by atoms with E-state index in [0.29, 0.717) is 20.7 Å². The number of amides is 2. The number of thioether (sulfide) groups is 1. The van der Waals surface area contributed by atoms with Crippen LogP contribution in [0.3, 0.4) is 0 Å². The highest BCUT2D eigenvalue weighted by Gasteiger charge is 2.37. The van der Waals surface area contributed by atoms with Crippen molar-refractivity contribution in [2.75, 3.05) is 25.1 Å². The van der Waals surface area contributed by atoms with Gasteiger partial charge >= 0.3 is 0 Å². The van der Waals surface area contributed by atoms with Gasteiger partial charge in [0.1, 0.15) is 10.9 Å². The Kier molecular flexibility index (Phi) is 5.95. The lowest BCUT2D eigenvalue weighted by molar-refractivity contribution is -0.135. The molecule has 0 spiro atoms. The molecule has 144 valence electrons. The minimum Gasteiger partial charge on any atom is -0.340 e. The Morgan fingerprint density at radius 2 is 2.22 bits per heavy atom. The maximum Gasteiger partial charge on any atom is 0.266 e. The van der Waals surface area contributed by atoms with E-state index in [9.17, 15) is 18.0 Å². The summed E-state index contributed by atoms with van der Waals surface area (Å²) in [5.74, 6) is -0.635. The van der Waals surface area contributed by atoms with E-state index < -0.39 is 9.84 Å². The van der Waals surface area contributed by atoms with Gasteiger partial charge in [0, 0.05) is 18.1 Å². The third kappa shape index (κ3) is 4.71. The Labute approximate surface area is 172 Å². The topological polar surface area (TPSA) is 74.8 Å². The Balaban J connectivity index is 1.69. The van der Waals surface area contributed by atoms with Gasteiger partial charge in [0.15, 0.2) is 9.84 Å². The molecule has 1 aromatic rings. The van der Waals surface area contributed by atoms with Gasteiger partial charge in [-0.3, -0.25) is 14.5 Å². The summed E-state index contributed by atoms with van der Waals surface area (Å²) in [6.45, 7) is -0.204. The van der Waals surface area contributed by atoms with Crippen molar-refractivity contribution in [2.45, 2.75) is 12.5 Å². The predicted octanol–water partition coefficient (Wildman–Crippen LogP) is 2.19. The summed E-state index contributed by atoms with van der Waals surface area (Å²) in [4.78, 5) is 28.2. The molecule has 0 N–H and O–H groups in total. The molecule has 10 heteroatoms. The normalized spacial score (nSPS) is 23.3. The number of carbonyl (C=O) groups is 2. The molecule has 2 saturated heterocycles. The molecule has 0 bridgehead atoms. The van der Waals surface area contributed by atoms with Crippen molar-refractivity contribution in [3.05, 3.63) is 39.8 Å². The Morgan fingerprint density at radius 3 is 2.85 bits per heavy atom. The maximum atomic E-state index is 12.6. The van der Waals surface area contributed by atoms with Crippen LogP contribution in [0.15, 0.2) is 29.2 Å². The molecular weight excluding hydrogens is 428 g/mol. The van der Waals surface area contributed by atoms with Crippen LogP contribution in [0.1, 0.15) is 12.0 Å². The van der Waals surface area contributed by atoms with Crippen LogP contribution < -0.4 is 0 Å². The summed E-state index contributed by atoms with van der Waals surface area (Å²) in [5, 5.41) is 0.558. The number of benzene rings is 1. The van der Waals surface area contributed by atoms with E-state index in [2.05, 4.69) is 0 Å². The number of rotatable bonds is 4. The fourth-order valence-electron chi connectivity index (χ4n) is 2.92. The van der Waals surface area contributed by atoms with Gasteiger partial charge in [0.2, 0.25) is 5.91 Å². The molecule has 2 aliphatic rings. The number of carbonyl (C=O) groups excluding carboxylic acids is 2. The van der Waals surface area contributed by atoms with Crippen LogP contribution in [0.4, 0.5) is 0 Å². The molecule has 0 radical (unpaired) electrons. The van der Waals surface area contributed by atoms with Crippen molar-refractivity contribution in [3.63, 3.8) is 0 Å². The molecular formula is C17H17ClN2O4S3. The van der Waals surface area contributed by atoms with E-state index in [1.165, 1.54) is 9.80 Å². The SMILES string of the molecule is CN(C(=O)CN1C(=O)/C(=C/c2cccc(Cl)c2)SC1=S)[C@H]1CCS(=O)(=O)C1. The zero-order valence-corrected chi connectivity index (χ0v) is 17.6. The van der Waals surface area contributed by atoms with Gasteiger partial charge in [-0.1, -0.05) is 47.7 Å². The van der Waals surface area contributed by atoms with Gasteiger partial charge in [-0.15, -0.1) is 0 Å². The summed E-state index contributed by atoms with van der Waals surface area (Å²) in [7, 11) is -1.53. The second-order valence-electron chi connectivity index (χ2n) is 6.38. The third-order valence-electron chi connectivity index (χ3n) is 4.46. The number of likely N-dealkylation sites (N-methyl/N-ethyl adjacent to an activating group) is 1. The molecule has 2 heterocycles. The van der Waals surface area contributed by atoms with E-state index >= 15 is 0 Å². The van der Waals surface area contributed by atoms with Crippen molar-refractivity contribution < 1.29 is 18.0 Å². The van der Waals surface area contributed by atoms with Crippen molar-refractivity contribution in [2.24, 2.45) is 0 Å². The maximum absolute atomic E-state index is 12.6. The predicted molar refractivity (Wildman–Crippen MR) is 111 cm³/mol. The average Bonchev–Trinajstić information content (AvgIpc) is 3.08. The number of nitrogens with zero attached hydrogens (tertiary/aromatic N) is 2. The number of thiocarbonyl (C=S) groups is 1. The molecule has 0 aliphatic carbocycles. The second-order valence-corrected chi connectivity index (χ2v) is 10.7. The average molecular weight is 445 g/mol. The second kappa shape index (κ2) is 7.90. The van der Waals surface area contributed by atoms with E-state index in [1.807, 2.05) is 6.07 Å². The van der Waals surface area contributed by atoms with Crippen LogP contribution in [-0.2, 0) is 19.4 Å². The van der Waals surface area contributed by atoms with Gasteiger partial charge in [-0.05, 0) is 30.2 Å². The Morgan fingerprint density at radius 1 is 1.48 bits per heavy atom. The van der Waals surface area contributed by atoms with Crippen LogP contribution in [0.25, 0.3) is 6.08 Å². The first kappa shape index (κ1) is 20.3. The summed E-state index contributed by atoms with van der Waals surface area (Å²) < 4.78 is 23.5. The van der Waals surface area contributed by atoms with E-state index in [1.54, 1.807) is 31.3 Å². The quantitative estimate of drug-likeness (QED) is 0.523. The highest BCUT2D eigenvalue weighted by Crippen LogP contribution is 2.33. The van der Waals surface area contributed by atoms with Gasteiger partial charge in [0.25, 0.3) is 5.91 Å². The number of halogens is 1. The molecule has 6 nitrogen and oxygen atoms in total. The van der Waals surface area contributed by atoms with E-state index in [0.717, 1.165) is 17.3 Å². The van der Waals surface area contributed by atoms with Crippen molar-refractivity contribution >= 4 is 67.6 Å². The molecule has 27 heavy (non-hydrogen) atoms. The molecule has 1 atom stereocenters. The smallest absolute Gasteiger partial charge is 0.266 e. The first-order chi connectivity index (χ1) is 12.7. The van der Waals surface area contributed by atoms with Crippen molar-refractivity contribution in [1.82, 2.24) is 9.80 Å². The summed E-state index contributed by atoms with van der Waals surface area (Å²) in [5.41, 5.74) is 0.766. The van der Waals surface area contributed by atoms with E-state index in [4.69, 9.17) is 23.8 Å². The molecule has 0 saturated carbocycles. The third-order valence-corrected chi connectivity index (χ3v) is 7.83. The van der Waals surface area contributed by atoms with Crippen LogP contribution in [-0.4, -0.2) is 65.5 Å². The van der Waals surface area contributed by atoms with Crippen LogP contribution in [0, 0.1) is 0 Å². The first-order valence-electron chi connectivity index (χ1n) is 8.13. The van der Waals surface area contributed by atoms with Crippen molar-refractivity contribution in [1.29, 1.82) is 0 Å². The lowest BCUT2D eigenvalue weighted by Gasteiger charge is -2.25. The molecule has 0 aromatic heterocycles. The van der Waals surface area contributed by atoms with Gasteiger partial charge in [-0.2, -0.15) is 0 Å². The minimum absolute atomic E-state index is 0.0394. The number of hydrogen-bond donors (Lipinski definition) is 0. The first-order valence-corrected chi connectivity index (χ1v) is 11.6. The molecule has 0 unspecified atom stereocenters. The zero-order chi connectivity index (χ0) is 19.8. The molecule has 2 amide bonds. The molecule has 2 aliphatic heterocycles. The summed E-state index contributed by atoms with van der Waals surface area (Å²) in [6.07, 6.45) is 2.10. The largest absolute Gasteiger partial charge is 0.340 e. The number of sulfone groups is 1. The summed E-state index contributed by atoms with van der Waals surface area (Å²) >= 11 is 12.3. The van der Waals surface area contributed by atoms with Crippen molar-refractivity contribution in [3.8, 4) is 0 Å². The Bertz CT molecular complexity index is 945. The number of hydrogen-bond acceptors (Lipinski definition) is 6. The van der Waals surface area contributed by atoms with E-state index in [-0.39, 0.29) is 35.9 Å². The molecule has 1 aromatic carbocycles. The fourth-order valence-corrected chi connectivity index (χ4v) is 6.14. The zero-order valence-electron chi connectivity index (χ0n) is 14.4. The lowest BCUT2D eigenvalue weighted by atomic mass is 10.2. The molecule has 3 rings (SSSR count). The highest BCUT2D eigenvalue weighted by molar-refractivity contribution is 8.26. The fraction of sp³-hybridized carbons (Fsp3) is 0.353. The lowest BCUT2D eigenvalue weighted by Crippen LogP contribution is -2.45. The Hall–Kier alpha value is -1.42. The minimum atomic E-state index is -3.09. The van der Waals surface area contributed by atoms with Crippen LogP contribution in [0.2, 0.25) is 5.02 Å². The standard InChI is InChI=1S/C17H17ClN2O4S3/c1-19(13-5-6-27(23,24)10-13)15(21)9-20-16(22)14(26-17(20)25)8-11-3-2-4-12(18)7-11/h2-4,7-8,13H,5-6,9-10H2,1H3/b14-8-/t13-/m0/s1. The monoisotopic (exact) mass is 444 g/mol. The van der Waals surface area contributed by atoms with Gasteiger partial charge < -0.3 is 4.90 Å². The van der Waals surface area contributed by atoms with Crippen LogP contribution >= 0.6 is 35.6 Å². The highest BCUT2D eigenvalue weighted by atomic mass is 35.5. The van der Waals surface area contributed by atoms with Crippen LogP contribution in [0.5, 0.6) is 0 Å². The van der Waals surface area contributed by atoms with Gasteiger partial charge in [0.05, 0.1) is 16.4 Å². The molecule has 2 fully saturated rings. The van der Waals surface area contributed by atoms with Gasteiger partial charge in [-0.25, -0.2) is 8.42 Å².